The van der Waals surface area contributed by atoms with Crippen LogP contribution >= 0.6 is 27.3 Å². The summed E-state index contributed by atoms with van der Waals surface area (Å²) in [6.45, 7) is 0.412. The molecule has 114 valence electrons. The third-order valence-corrected chi connectivity index (χ3v) is 6.46. The Balaban J connectivity index is 1.84. The summed E-state index contributed by atoms with van der Waals surface area (Å²) >= 11 is 4.47. The first-order chi connectivity index (χ1) is 10.0. The second-order valence-corrected chi connectivity index (χ2v) is 8.87. The molecule has 21 heavy (non-hydrogen) atoms. The van der Waals surface area contributed by atoms with Crippen LogP contribution in [0.15, 0.2) is 44.4 Å². The molecule has 0 bridgehead atoms. The van der Waals surface area contributed by atoms with Crippen LogP contribution in [0.4, 0.5) is 0 Å². The molecule has 0 fully saturated rings. The van der Waals surface area contributed by atoms with Crippen molar-refractivity contribution in [2.24, 2.45) is 0 Å². The zero-order chi connectivity index (χ0) is 15.3. The van der Waals surface area contributed by atoms with E-state index >= 15 is 0 Å². The molecule has 1 aromatic heterocycles. The molecule has 1 aromatic carbocycles. The van der Waals surface area contributed by atoms with Crippen molar-refractivity contribution in [3.63, 3.8) is 0 Å². The van der Waals surface area contributed by atoms with Crippen LogP contribution in [-0.2, 0) is 16.4 Å². The predicted octanol–water partition coefficient (Wildman–Crippen LogP) is 3.43. The molecule has 0 aliphatic carbocycles. The van der Waals surface area contributed by atoms with Gasteiger partial charge in [-0.15, -0.1) is 11.3 Å². The maximum absolute atomic E-state index is 12.0. The number of methoxy groups -OCH3 is 1. The number of thiophene rings is 1. The molecule has 0 radical (unpaired) electrons. The van der Waals surface area contributed by atoms with Gasteiger partial charge in [0.1, 0.15) is 9.96 Å². The third kappa shape index (κ3) is 4.81. The monoisotopic (exact) mass is 389 g/mol. The Morgan fingerprint density at radius 1 is 1.29 bits per heavy atom. The Labute approximate surface area is 137 Å². The van der Waals surface area contributed by atoms with Crippen molar-refractivity contribution in [3.8, 4) is 5.75 Å². The Bertz CT molecular complexity index is 698. The van der Waals surface area contributed by atoms with E-state index in [1.165, 1.54) is 11.3 Å². The number of aryl methyl sites for hydroxylation is 1. The summed E-state index contributed by atoms with van der Waals surface area (Å²) in [5.74, 6) is 0.816. The fraction of sp³-hybridized carbons (Fsp3) is 0.286. The lowest BCUT2D eigenvalue weighted by Gasteiger charge is -2.06. The van der Waals surface area contributed by atoms with E-state index in [1.54, 1.807) is 19.2 Å². The number of rotatable bonds is 7. The lowest BCUT2D eigenvalue weighted by atomic mass is 10.1. The Morgan fingerprint density at radius 2 is 2.10 bits per heavy atom. The highest BCUT2D eigenvalue weighted by atomic mass is 79.9. The predicted molar refractivity (Wildman–Crippen MR) is 88.5 cm³/mol. The molecule has 0 saturated carbocycles. The Hall–Kier alpha value is -0.890. The maximum atomic E-state index is 12.0. The smallest absolute Gasteiger partial charge is 0.250 e. The maximum Gasteiger partial charge on any atom is 0.250 e. The van der Waals surface area contributed by atoms with Gasteiger partial charge in [-0.3, -0.25) is 0 Å². The van der Waals surface area contributed by atoms with E-state index in [2.05, 4.69) is 20.7 Å². The molecule has 2 rings (SSSR count). The van der Waals surface area contributed by atoms with Crippen molar-refractivity contribution >= 4 is 37.3 Å². The van der Waals surface area contributed by atoms with Gasteiger partial charge < -0.3 is 4.74 Å². The van der Waals surface area contributed by atoms with Crippen molar-refractivity contribution in [3.05, 3.63) is 45.7 Å². The number of nitrogens with one attached hydrogen (secondary N) is 1. The van der Waals surface area contributed by atoms with Gasteiger partial charge in [0.2, 0.25) is 10.0 Å². The second kappa shape index (κ2) is 7.40. The molecular weight excluding hydrogens is 374 g/mol. The van der Waals surface area contributed by atoms with Gasteiger partial charge in [-0.25, -0.2) is 13.1 Å². The fourth-order valence-electron chi connectivity index (χ4n) is 1.84. The van der Waals surface area contributed by atoms with Crippen LogP contribution < -0.4 is 9.46 Å². The average Bonchev–Trinajstić information content (AvgIpc) is 2.91. The van der Waals surface area contributed by atoms with Gasteiger partial charge >= 0.3 is 0 Å². The summed E-state index contributed by atoms with van der Waals surface area (Å²) in [6, 6.07) is 11.1. The summed E-state index contributed by atoms with van der Waals surface area (Å²) in [7, 11) is -1.76. The van der Waals surface area contributed by atoms with E-state index in [1.807, 2.05) is 24.3 Å². The van der Waals surface area contributed by atoms with Gasteiger partial charge in [0.25, 0.3) is 0 Å². The van der Waals surface area contributed by atoms with E-state index in [4.69, 9.17) is 4.74 Å². The summed E-state index contributed by atoms with van der Waals surface area (Å²) < 4.78 is 32.9. The molecule has 1 N–H and O–H groups in total. The van der Waals surface area contributed by atoms with Crippen molar-refractivity contribution < 1.29 is 13.2 Å². The van der Waals surface area contributed by atoms with Gasteiger partial charge in [0, 0.05) is 6.54 Å². The number of hydrogen-bond donors (Lipinski definition) is 1. The fourth-order valence-corrected chi connectivity index (χ4v) is 4.97. The molecule has 7 heteroatoms. The molecule has 0 unspecified atom stereocenters. The largest absolute Gasteiger partial charge is 0.497 e. The molecule has 0 aliphatic heterocycles. The van der Waals surface area contributed by atoms with Crippen LogP contribution in [0.25, 0.3) is 0 Å². The standard InChI is InChI=1S/C14H16BrNO3S2/c1-19-12-6-2-4-11(10-12)5-3-9-16-21(17,18)14-8-7-13(15)20-14/h2,4,6-8,10,16H,3,5,9H2,1H3. The highest BCUT2D eigenvalue weighted by Crippen LogP contribution is 2.25. The van der Waals surface area contributed by atoms with Gasteiger partial charge in [-0.2, -0.15) is 0 Å². The normalized spacial score (nSPS) is 11.5. The van der Waals surface area contributed by atoms with Crippen LogP contribution in [0.2, 0.25) is 0 Å². The van der Waals surface area contributed by atoms with Crippen LogP contribution in [0, 0.1) is 0 Å². The minimum absolute atomic E-state index is 0.329. The number of benzene rings is 1. The minimum Gasteiger partial charge on any atom is -0.497 e. The summed E-state index contributed by atoms with van der Waals surface area (Å²) in [5, 5.41) is 0. The topological polar surface area (TPSA) is 55.4 Å². The van der Waals surface area contributed by atoms with E-state index in [9.17, 15) is 8.42 Å². The van der Waals surface area contributed by atoms with Gasteiger partial charge in [0.15, 0.2) is 0 Å². The molecule has 1 heterocycles. The number of hydrogen-bond acceptors (Lipinski definition) is 4. The Kier molecular flexibility index (Phi) is 5.80. The van der Waals surface area contributed by atoms with Gasteiger partial charge in [0.05, 0.1) is 10.9 Å². The average molecular weight is 390 g/mol. The zero-order valence-electron chi connectivity index (χ0n) is 11.5. The van der Waals surface area contributed by atoms with Gasteiger partial charge in [-0.05, 0) is 58.6 Å². The lowest BCUT2D eigenvalue weighted by Crippen LogP contribution is -2.24. The van der Waals surface area contributed by atoms with E-state index in [-0.39, 0.29) is 0 Å². The minimum atomic E-state index is -3.39. The second-order valence-electron chi connectivity index (χ2n) is 4.41. The van der Waals surface area contributed by atoms with Crippen molar-refractivity contribution in [1.29, 1.82) is 0 Å². The van der Waals surface area contributed by atoms with Crippen LogP contribution in [0.1, 0.15) is 12.0 Å². The van der Waals surface area contributed by atoms with Gasteiger partial charge in [-0.1, -0.05) is 12.1 Å². The highest BCUT2D eigenvalue weighted by Gasteiger charge is 2.15. The van der Waals surface area contributed by atoms with E-state index in [0.29, 0.717) is 10.8 Å². The molecule has 0 amide bonds. The SMILES string of the molecule is COc1cccc(CCCNS(=O)(=O)c2ccc(Br)s2)c1. The third-order valence-electron chi connectivity index (χ3n) is 2.88. The van der Waals surface area contributed by atoms with Crippen LogP contribution in [-0.4, -0.2) is 22.1 Å². The first-order valence-electron chi connectivity index (χ1n) is 6.39. The molecule has 0 aliphatic rings. The summed E-state index contributed by atoms with van der Waals surface area (Å²) in [6.07, 6.45) is 1.53. The molecule has 0 saturated heterocycles. The molecule has 0 atom stereocenters. The highest BCUT2D eigenvalue weighted by molar-refractivity contribution is 9.11. The quantitative estimate of drug-likeness (QED) is 0.737. The molecular formula is C14H16BrNO3S2. The zero-order valence-corrected chi connectivity index (χ0v) is 14.7. The summed E-state index contributed by atoms with van der Waals surface area (Å²) in [4.78, 5) is 0. The van der Waals surface area contributed by atoms with Crippen molar-refractivity contribution in [2.75, 3.05) is 13.7 Å². The summed E-state index contributed by atoms with van der Waals surface area (Å²) in [5.41, 5.74) is 1.13. The Morgan fingerprint density at radius 3 is 2.76 bits per heavy atom. The van der Waals surface area contributed by atoms with Crippen LogP contribution in [0.5, 0.6) is 5.75 Å². The first-order valence-corrected chi connectivity index (χ1v) is 9.48. The lowest BCUT2D eigenvalue weighted by molar-refractivity contribution is 0.414. The molecule has 4 nitrogen and oxygen atoms in total. The number of sulfonamides is 1. The number of ether oxygens (including phenoxy) is 1. The van der Waals surface area contributed by atoms with E-state index < -0.39 is 10.0 Å². The first kappa shape index (κ1) is 16.5. The van der Waals surface area contributed by atoms with Crippen LogP contribution in [0.3, 0.4) is 0 Å². The van der Waals surface area contributed by atoms with Crippen molar-refractivity contribution in [1.82, 2.24) is 4.72 Å². The number of halogens is 1. The van der Waals surface area contributed by atoms with E-state index in [0.717, 1.165) is 27.9 Å². The van der Waals surface area contributed by atoms with Crippen molar-refractivity contribution in [2.45, 2.75) is 17.1 Å². The molecule has 0 spiro atoms. The molecule has 2 aromatic rings.